The molecule has 0 unspecified atom stereocenters. The molecular formula is C25H33N2+. The fourth-order valence-electron chi connectivity index (χ4n) is 4.18. The molecule has 0 saturated heterocycles. The fourth-order valence-corrected chi connectivity index (χ4v) is 4.18. The zero-order chi connectivity index (χ0) is 19.4. The van der Waals surface area contributed by atoms with Crippen LogP contribution in [0.3, 0.4) is 0 Å². The Hall–Kier alpha value is -2.35. The second-order valence-corrected chi connectivity index (χ2v) is 8.00. The third-order valence-corrected chi connectivity index (χ3v) is 5.62. The van der Waals surface area contributed by atoms with Crippen LogP contribution >= 0.6 is 0 Å². The zero-order valence-electron chi connectivity index (χ0n) is 17.5. The lowest BCUT2D eigenvalue weighted by atomic mass is 9.81. The Morgan fingerprint density at radius 1 is 0.889 bits per heavy atom. The van der Waals surface area contributed by atoms with Crippen molar-refractivity contribution < 1.29 is 4.58 Å². The summed E-state index contributed by atoms with van der Waals surface area (Å²) in [4.78, 5) is 2.48. The van der Waals surface area contributed by atoms with Crippen LogP contribution in [0.15, 0.2) is 54.6 Å². The highest BCUT2D eigenvalue weighted by Crippen LogP contribution is 2.39. The van der Waals surface area contributed by atoms with Crippen molar-refractivity contribution in [2.24, 2.45) is 0 Å². The van der Waals surface area contributed by atoms with Gasteiger partial charge in [-0.05, 0) is 50.5 Å². The Morgan fingerprint density at radius 2 is 1.52 bits per heavy atom. The second-order valence-electron chi connectivity index (χ2n) is 8.00. The summed E-state index contributed by atoms with van der Waals surface area (Å²) in [5.74, 6) is 0. The first kappa shape index (κ1) is 19.4. The molecule has 2 aromatic carbocycles. The molecule has 27 heavy (non-hydrogen) atoms. The van der Waals surface area contributed by atoms with Crippen LogP contribution in [-0.2, 0) is 5.41 Å². The summed E-state index contributed by atoms with van der Waals surface area (Å²) in [6.07, 6.45) is 6.89. The van der Waals surface area contributed by atoms with Crippen LogP contribution in [0.5, 0.6) is 0 Å². The molecule has 2 heteroatoms. The summed E-state index contributed by atoms with van der Waals surface area (Å²) in [5, 5.41) is 0. The third-order valence-electron chi connectivity index (χ3n) is 5.62. The molecular weight excluding hydrogens is 328 g/mol. The highest BCUT2D eigenvalue weighted by atomic mass is 15.1. The highest BCUT2D eigenvalue weighted by Gasteiger charge is 2.42. The molecule has 0 N–H and O–H groups in total. The fraction of sp³-hybridized carbons (Fsp3) is 0.400. The van der Waals surface area contributed by atoms with Crippen molar-refractivity contribution in [3.8, 4) is 0 Å². The van der Waals surface area contributed by atoms with Crippen molar-refractivity contribution in [1.29, 1.82) is 0 Å². The van der Waals surface area contributed by atoms with E-state index >= 15 is 0 Å². The summed E-state index contributed by atoms with van der Waals surface area (Å²) in [5.41, 5.74) is 6.66. The van der Waals surface area contributed by atoms with Crippen molar-refractivity contribution in [3.05, 3.63) is 65.7 Å². The normalized spacial score (nSPS) is 15.4. The van der Waals surface area contributed by atoms with Crippen LogP contribution in [0, 0.1) is 0 Å². The molecule has 0 amide bonds. The molecule has 3 rings (SSSR count). The molecule has 1 aliphatic heterocycles. The summed E-state index contributed by atoms with van der Waals surface area (Å²) in [7, 11) is 2.17. The average Bonchev–Trinajstić information content (AvgIpc) is 2.87. The van der Waals surface area contributed by atoms with Crippen LogP contribution in [0.25, 0.3) is 6.08 Å². The van der Waals surface area contributed by atoms with E-state index in [0.29, 0.717) is 0 Å². The number of nitrogens with zero attached hydrogens (tertiary/aromatic N) is 2. The van der Waals surface area contributed by atoms with E-state index in [2.05, 4.69) is 105 Å². The summed E-state index contributed by atoms with van der Waals surface area (Å²) in [6, 6.07) is 17.7. The Bertz CT molecular complexity index is 835. The van der Waals surface area contributed by atoms with Crippen molar-refractivity contribution in [2.45, 2.75) is 46.0 Å². The van der Waals surface area contributed by atoms with E-state index in [-0.39, 0.29) is 5.41 Å². The molecule has 142 valence electrons. The van der Waals surface area contributed by atoms with Gasteiger partial charge in [-0.2, -0.15) is 4.58 Å². The van der Waals surface area contributed by atoms with Crippen molar-refractivity contribution in [3.63, 3.8) is 0 Å². The van der Waals surface area contributed by atoms with Gasteiger partial charge in [0.1, 0.15) is 7.05 Å². The minimum atomic E-state index is 0.0286. The number of hydrogen-bond donors (Lipinski definition) is 0. The molecule has 0 fully saturated rings. The van der Waals surface area contributed by atoms with E-state index in [1.165, 1.54) is 41.1 Å². The van der Waals surface area contributed by atoms with Gasteiger partial charge in [-0.15, -0.1) is 0 Å². The first-order chi connectivity index (χ1) is 13.0. The van der Waals surface area contributed by atoms with Gasteiger partial charge in [0, 0.05) is 36.5 Å². The van der Waals surface area contributed by atoms with Gasteiger partial charge in [-0.1, -0.05) is 44.2 Å². The molecule has 0 atom stereocenters. The van der Waals surface area contributed by atoms with Crippen molar-refractivity contribution in [1.82, 2.24) is 0 Å². The number of benzene rings is 2. The summed E-state index contributed by atoms with van der Waals surface area (Å²) in [6.45, 7) is 11.4. The number of fused-ring (bicyclic) bond motifs is 1. The van der Waals surface area contributed by atoms with E-state index in [1.54, 1.807) is 0 Å². The maximum Gasteiger partial charge on any atom is 0.209 e. The smallest absolute Gasteiger partial charge is 0.209 e. The minimum Gasteiger partial charge on any atom is -0.372 e. The maximum atomic E-state index is 2.48. The molecule has 0 bridgehead atoms. The summed E-state index contributed by atoms with van der Waals surface area (Å²) >= 11 is 0. The van der Waals surface area contributed by atoms with Gasteiger partial charge in [0.15, 0.2) is 5.71 Å². The van der Waals surface area contributed by atoms with Crippen LogP contribution in [-0.4, -0.2) is 30.4 Å². The van der Waals surface area contributed by atoms with Crippen LogP contribution < -0.4 is 4.90 Å². The van der Waals surface area contributed by atoms with E-state index in [1.807, 2.05) is 0 Å². The Labute approximate surface area is 164 Å². The molecule has 2 aromatic rings. The molecule has 0 saturated carbocycles. The van der Waals surface area contributed by atoms with E-state index in [0.717, 1.165) is 13.1 Å². The second kappa shape index (κ2) is 8.12. The highest BCUT2D eigenvalue weighted by molar-refractivity contribution is 6.05. The predicted octanol–water partition coefficient (Wildman–Crippen LogP) is 6.03. The van der Waals surface area contributed by atoms with Gasteiger partial charge >= 0.3 is 0 Å². The third kappa shape index (κ3) is 3.85. The molecule has 1 heterocycles. The zero-order valence-corrected chi connectivity index (χ0v) is 17.5. The number of anilines is 1. The Balaban J connectivity index is 1.82. The lowest BCUT2D eigenvalue weighted by molar-refractivity contribution is -0.401. The van der Waals surface area contributed by atoms with Gasteiger partial charge < -0.3 is 4.90 Å². The minimum absolute atomic E-state index is 0.0286. The van der Waals surface area contributed by atoms with Gasteiger partial charge in [-0.3, -0.25) is 0 Å². The first-order valence-electron chi connectivity index (χ1n) is 10.2. The van der Waals surface area contributed by atoms with Crippen molar-refractivity contribution in [2.75, 3.05) is 25.0 Å². The predicted molar refractivity (Wildman–Crippen MR) is 119 cm³/mol. The van der Waals surface area contributed by atoms with Gasteiger partial charge in [-0.25, -0.2) is 0 Å². The molecule has 0 aromatic heterocycles. The van der Waals surface area contributed by atoms with Gasteiger partial charge in [0.05, 0.1) is 5.41 Å². The molecule has 0 spiro atoms. The average molecular weight is 362 g/mol. The first-order valence-corrected chi connectivity index (χ1v) is 10.2. The Kier molecular flexibility index (Phi) is 5.84. The monoisotopic (exact) mass is 361 g/mol. The van der Waals surface area contributed by atoms with Gasteiger partial charge in [0.2, 0.25) is 5.69 Å². The molecule has 0 radical (unpaired) electrons. The van der Waals surface area contributed by atoms with E-state index < -0.39 is 0 Å². The lowest BCUT2D eigenvalue weighted by Crippen LogP contribution is -2.26. The SMILES string of the molecule is CCCN(CCC)c1ccc(C=CC2=[N+](C)c3ccccc3C2(C)C)cc1. The number of rotatable bonds is 7. The molecule has 0 aliphatic carbocycles. The Morgan fingerprint density at radius 3 is 2.11 bits per heavy atom. The largest absolute Gasteiger partial charge is 0.372 e. The molecule has 2 nitrogen and oxygen atoms in total. The number of para-hydroxylation sites is 1. The van der Waals surface area contributed by atoms with Gasteiger partial charge in [0.25, 0.3) is 0 Å². The number of hydrogen-bond acceptors (Lipinski definition) is 1. The quantitative estimate of drug-likeness (QED) is 0.546. The maximum absolute atomic E-state index is 2.48. The van der Waals surface area contributed by atoms with Crippen LogP contribution in [0.4, 0.5) is 11.4 Å². The van der Waals surface area contributed by atoms with E-state index in [4.69, 9.17) is 0 Å². The van der Waals surface area contributed by atoms with Crippen LogP contribution in [0.1, 0.15) is 51.7 Å². The standard InChI is InChI=1S/C25H33N2/c1-6-18-27(19-7-2)21-15-12-20(13-16-21)14-17-24-25(3,4)22-10-8-9-11-23(22)26(24)5/h8-17H,6-7,18-19H2,1-5H3/q+1. The lowest BCUT2D eigenvalue weighted by Gasteiger charge is -2.23. The van der Waals surface area contributed by atoms with Crippen molar-refractivity contribution >= 4 is 23.2 Å². The van der Waals surface area contributed by atoms with E-state index in [9.17, 15) is 0 Å². The van der Waals surface area contributed by atoms with Crippen LogP contribution in [0.2, 0.25) is 0 Å². The molecule has 1 aliphatic rings. The number of allylic oxidation sites excluding steroid dienone is 1. The topological polar surface area (TPSA) is 6.25 Å². The summed E-state index contributed by atoms with van der Waals surface area (Å²) < 4.78 is 2.32.